The van der Waals surface area contributed by atoms with Crippen LogP contribution in [0.4, 0.5) is 0 Å². The van der Waals surface area contributed by atoms with Crippen molar-refractivity contribution in [1.82, 2.24) is 0 Å². The number of fused-ring (bicyclic) bond motifs is 2. The minimum Gasteiger partial charge on any atom is -0.462 e. The first-order valence-electron chi connectivity index (χ1n) is 11.9. The van der Waals surface area contributed by atoms with E-state index in [4.69, 9.17) is 14.2 Å². The summed E-state index contributed by atoms with van der Waals surface area (Å²) in [7, 11) is 0. The largest absolute Gasteiger partial charge is 0.462 e. The van der Waals surface area contributed by atoms with E-state index in [1.54, 1.807) is 0 Å². The second-order valence-corrected chi connectivity index (χ2v) is 11.4. The van der Waals surface area contributed by atoms with E-state index in [1.807, 2.05) is 6.92 Å². The lowest BCUT2D eigenvalue weighted by molar-refractivity contribution is -0.279. The Balaban J connectivity index is 1.64. The lowest BCUT2D eigenvalue weighted by atomic mass is 9.37. The van der Waals surface area contributed by atoms with Gasteiger partial charge in [-0.05, 0) is 61.2 Å². The van der Waals surface area contributed by atoms with Gasteiger partial charge >= 0.3 is 11.9 Å². The van der Waals surface area contributed by atoms with Crippen LogP contribution in [0.25, 0.3) is 0 Å². The van der Waals surface area contributed by atoms with Gasteiger partial charge in [0, 0.05) is 12.3 Å². The maximum absolute atomic E-state index is 12.7. The van der Waals surface area contributed by atoms with Gasteiger partial charge < -0.3 is 19.3 Å². The predicted octanol–water partition coefficient (Wildman–Crippen LogP) is 3.79. The molecule has 1 N–H and O–H groups in total. The SMILES string of the molecule is CCCC(=O)O[C@@H]1C[C@H]2C(C)(C)CCC[C@]2(C)C2CC[C@H]3C(=O)O[C@H]4O[C@@H](O)[C@]21[C@H]43. The van der Waals surface area contributed by atoms with Crippen molar-refractivity contribution >= 4 is 11.9 Å². The molecule has 5 fully saturated rings. The van der Waals surface area contributed by atoms with Crippen LogP contribution in [-0.2, 0) is 23.8 Å². The van der Waals surface area contributed by atoms with E-state index in [-0.39, 0.29) is 40.5 Å². The van der Waals surface area contributed by atoms with Gasteiger partial charge in [-0.1, -0.05) is 34.1 Å². The number of ether oxygens (including phenoxy) is 3. The molecule has 1 unspecified atom stereocenters. The van der Waals surface area contributed by atoms with Gasteiger partial charge in [0.2, 0.25) is 6.29 Å². The van der Waals surface area contributed by atoms with Gasteiger partial charge in [0.25, 0.3) is 0 Å². The van der Waals surface area contributed by atoms with Crippen LogP contribution in [0.3, 0.4) is 0 Å². The Hall–Kier alpha value is -1.14. The Morgan fingerprint density at radius 1 is 1.20 bits per heavy atom. The summed E-state index contributed by atoms with van der Waals surface area (Å²) < 4.78 is 17.6. The van der Waals surface area contributed by atoms with Crippen molar-refractivity contribution in [2.75, 3.05) is 0 Å². The first kappa shape index (κ1) is 20.7. The van der Waals surface area contributed by atoms with Crippen molar-refractivity contribution < 1.29 is 28.9 Å². The highest BCUT2D eigenvalue weighted by Gasteiger charge is 2.78. The van der Waals surface area contributed by atoms with E-state index in [0.717, 1.165) is 44.9 Å². The van der Waals surface area contributed by atoms with Crippen molar-refractivity contribution in [3.63, 3.8) is 0 Å². The summed E-state index contributed by atoms with van der Waals surface area (Å²) in [6, 6.07) is 0. The van der Waals surface area contributed by atoms with E-state index < -0.39 is 24.1 Å². The summed E-state index contributed by atoms with van der Waals surface area (Å²) in [6.07, 6.45) is 4.62. The molecule has 3 aliphatic carbocycles. The summed E-state index contributed by atoms with van der Waals surface area (Å²) in [4.78, 5) is 25.3. The molecule has 5 rings (SSSR count). The van der Waals surface area contributed by atoms with Crippen LogP contribution in [-0.4, -0.2) is 35.7 Å². The van der Waals surface area contributed by atoms with E-state index in [1.165, 1.54) is 0 Å². The Labute approximate surface area is 179 Å². The third-order valence-electron chi connectivity index (χ3n) is 9.71. The quantitative estimate of drug-likeness (QED) is 0.700. The zero-order valence-electron chi connectivity index (χ0n) is 18.7. The van der Waals surface area contributed by atoms with Crippen molar-refractivity contribution in [1.29, 1.82) is 0 Å². The van der Waals surface area contributed by atoms with Crippen LogP contribution in [0.5, 0.6) is 0 Å². The monoisotopic (exact) mass is 420 g/mol. The number of esters is 2. The molecular weight excluding hydrogens is 384 g/mol. The van der Waals surface area contributed by atoms with E-state index in [9.17, 15) is 14.7 Å². The van der Waals surface area contributed by atoms with Gasteiger partial charge in [-0.25, -0.2) is 0 Å². The summed E-state index contributed by atoms with van der Waals surface area (Å²) in [5.41, 5.74) is -0.597. The molecule has 3 saturated carbocycles. The van der Waals surface area contributed by atoms with Gasteiger partial charge in [0.05, 0.1) is 11.3 Å². The molecule has 0 radical (unpaired) electrons. The zero-order chi connectivity index (χ0) is 21.5. The summed E-state index contributed by atoms with van der Waals surface area (Å²) in [5, 5.41) is 11.4. The number of hydrogen-bond donors (Lipinski definition) is 1. The van der Waals surface area contributed by atoms with Gasteiger partial charge in [-0.2, -0.15) is 0 Å². The minimum atomic E-state index is -1.07. The number of carbonyl (C=O) groups is 2. The fourth-order valence-corrected chi connectivity index (χ4v) is 8.68. The normalized spacial score (nSPS) is 50.8. The van der Waals surface area contributed by atoms with Crippen molar-refractivity contribution in [2.45, 2.75) is 97.7 Å². The van der Waals surface area contributed by atoms with Crippen molar-refractivity contribution in [3.8, 4) is 0 Å². The highest BCUT2D eigenvalue weighted by molar-refractivity contribution is 5.76. The maximum atomic E-state index is 12.7. The number of aliphatic hydroxyl groups excluding tert-OH is 1. The Morgan fingerprint density at radius 2 is 1.97 bits per heavy atom. The first-order valence-corrected chi connectivity index (χ1v) is 11.9. The molecule has 0 amide bonds. The first-order chi connectivity index (χ1) is 14.2. The molecule has 0 aromatic rings. The lowest BCUT2D eigenvalue weighted by Gasteiger charge is -2.67. The van der Waals surface area contributed by atoms with Crippen LogP contribution >= 0.6 is 0 Å². The van der Waals surface area contributed by atoms with Gasteiger partial charge in [-0.3, -0.25) is 9.59 Å². The molecule has 9 atom stereocenters. The summed E-state index contributed by atoms with van der Waals surface area (Å²) in [6.45, 7) is 9.04. The minimum absolute atomic E-state index is 0.0191. The number of rotatable bonds is 3. The molecule has 1 spiro atoms. The molecule has 2 saturated heterocycles. The molecule has 0 bridgehead atoms. The molecule has 30 heavy (non-hydrogen) atoms. The van der Waals surface area contributed by atoms with Gasteiger partial charge in [0.1, 0.15) is 6.10 Å². The second-order valence-electron chi connectivity index (χ2n) is 11.4. The van der Waals surface area contributed by atoms with Crippen LogP contribution in [0, 0.1) is 39.9 Å². The topological polar surface area (TPSA) is 82.1 Å². The van der Waals surface area contributed by atoms with E-state index >= 15 is 0 Å². The molecule has 0 aromatic heterocycles. The molecule has 6 nitrogen and oxygen atoms in total. The Morgan fingerprint density at radius 3 is 2.70 bits per heavy atom. The fraction of sp³-hybridized carbons (Fsp3) is 0.917. The van der Waals surface area contributed by atoms with Crippen molar-refractivity contribution in [3.05, 3.63) is 0 Å². The smallest absolute Gasteiger partial charge is 0.311 e. The second kappa shape index (κ2) is 6.68. The third-order valence-corrected chi connectivity index (χ3v) is 9.71. The highest BCUT2D eigenvalue weighted by atomic mass is 16.8. The van der Waals surface area contributed by atoms with Crippen LogP contribution in [0.1, 0.15) is 79.1 Å². The predicted molar refractivity (Wildman–Crippen MR) is 108 cm³/mol. The number of carbonyl (C=O) groups excluding carboxylic acids is 2. The molecule has 6 heteroatoms. The van der Waals surface area contributed by atoms with Crippen LogP contribution in [0.2, 0.25) is 0 Å². The van der Waals surface area contributed by atoms with E-state index in [0.29, 0.717) is 12.3 Å². The summed E-state index contributed by atoms with van der Waals surface area (Å²) in [5.74, 6) is -0.401. The lowest BCUT2D eigenvalue weighted by Crippen LogP contribution is -2.68. The number of hydrogen-bond acceptors (Lipinski definition) is 6. The van der Waals surface area contributed by atoms with Crippen LogP contribution in [0.15, 0.2) is 0 Å². The Bertz CT molecular complexity index is 748. The standard InChI is InChI=1S/C24H36O6/c1-5-7-17(25)28-16-12-15-22(2,3)10-6-11-23(15,4)14-9-8-13-18-20(29-19(13)26)30-21(27)24(14,16)18/h13-16,18,20-21,27H,5-12H2,1-4H3/t13-,14?,15+,16-,18+,20+,21-,23-,24-/m1/s1. The molecule has 168 valence electrons. The summed E-state index contributed by atoms with van der Waals surface area (Å²) >= 11 is 0. The van der Waals surface area contributed by atoms with E-state index in [2.05, 4.69) is 20.8 Å². The molecule has 2 heterocycles. The average Bonchev–Trinajstić information content (AvgIpc) is 3.13. The molecule has 0 aromatic carbocycles. The fourth-order valence-electron chi connectivity index (χ4n) is 8.68. The highest BCUT2D eigenvalue weighted by Crippen LogP contribution is 2.73. The van der Waals surface area contributed by atoms with Gasteiger partial charge in [0.15, 0.2) is 6.29 Å². The van der Waals surface area contributed by atoms with Gasteiger partial charge in [-0.15, -0.1) is 0 Å². The molecular formula is C24H36O6. The Kier molecular flexibility index (Phi) is 4.62. The van der Waals surface area contributed by atoms with Crippen LogP contribution < -0.4 is 0 Å². The maximum Gasteiger partial charge on any atom is 0.311 e. The van der Waals surface area contributed by atoms with Crippen molar-refractivity contribution in [2.24, 2.45) is 39.9 Å². The average molecular weight is 421 g/mol. The number of aliphatic hydroxyl groups is 1. The molecule has 2 aliphatic heterocycles. The third kappa shape index (κ3) is 2.49. The molecule has 5 aliphatic rings. The zero-order valence-corrected chi connectivity index (χ0v) is 18.7.